The molecular formula is C17H27NO3. The zero-order valence-corrected chi connectivity index (χ0v) is 13.8. The molecule has 0 fully saturated rings. The van der Waals surface area contributed by atoms with Crippen molar-refractivity contribution in [2.75, 3.05) is 19.5 Å². The SMILES string of the molecule is CCCCC(CC)C(=O)Nc1cc(OC)c(OC)cc1C. The van der Waals surface area contributed by atoms with Crippen LogP contribution in [0.3, 0.4) is 0 Å². The highest BCUT2D eigenvalue weighted by Crippen LogP contribution is 2.33. The van der Waals surface area contributed by atoms with Crippen molar-refractivity contribution in [3.63, 3.8) is 0 Å². The molecule has 0 bridgehead atoms. The first-order valence-corrected chi connectivity index (χ1v) is 7.60. The number of anilines is 1. The van der Waals surface area contributed by atoms with Crippen LogP contribution in [0.4, 0.5) is 5.69 Å². The minimum absolute atomic E-state index is 0.0671. The molecule has 0 spiro atoms. The summed E-state index contributed by atoms with van der Waals surface area (Å²) in [4.78, 5) is 12.4. The lowest BCUT2D eigenvalue weighted by Gasteiger charge is -2.17. The van der Waals surface area contributed by atoms with Crippen LogP contribution in [0.5, 0.6) is 11.5 Å². The zero-order chi connectivity index (χ0) is 15.8. The Labute approximate surface area is 127 Å². The van der Waals surface area contributed by atoms with Gasteiger partial charge in [-0.1, -0.05) is 26.7 Å². The van der Waals surface area contributed by atoms with E-state index >= 15 is 0 Å². The summed E-state index contributed by atoms with van der Waals surface area (Å²) in [5.74, 6) is 1.45. The van der Waals surface area contributed by atoms with Crippen molar-refractivity contribution in [3.05, 3.63) is 17.7 Å². The highest BCUT2D eigenvalue weighted by Gasteiger charge is 2.18. The maximum atomic E-state index is 12.4. The summed E-state index contributed by atoms with van der Waals surface area (Å²) in [5.41, 5.74) is 1.75. The van der Waals surface area contributed by atoms with E-state index in [9.17, 15) is 4.79 Å². The van der Waals surface area contributed by atoms with Crippen molar-refractivity contribution in [2.24, 2.45) is 5.92 Å². The van der Waals surface area contributed by atoms with Gasteiger partial charge in [0.1, 0.15) is 0 Å². The largest absolute Gasteiger partial charge is 0.493 e. The third kappa shape index (κ3) is 4.66. The van der Waals surface area contributed by atoms with E-state index in [4.69, 9.17) is 9.47 Å². The van der Waals surface area contributed by atoms with Crippen molar-refractivity contribution < 1.29 is 14.3 Å². The second-order valence-corrected chi connectivity index (χ2v) is 5.26. The minimum Gasteiger partial charge on any atom is -0.493 e. The van der Waals surface area contributed by atoms with Crippen molar-refractivity contribution in [3.8, 4) is 11.5 Å². The normalized spacial score (nSPS) is 11.9. The monoisotopic (exact) mass is 293 g/mol. The fourth-order valence-corrected chi connectivity index (χ4v) is 2.32. The highest BCUT2D eigenvalue weighted by molar-refractivity contribution is 5.93. The van der Waals surface area contributed by atoms with Crippen LogP contribution in [0.1, 0.15) is 45.1 Å². The Bertz CT molecular complexity index is 471. The summed E-state index contributed by atoms with van der Waals surface area (Å²) >= 11 is 0. The van der Waals surface area contributed by atoms with Crippen LogP contribution in [0, 0.1) is 12.8 Å². The van der Waals surface area contributed by atoms with Gasteiger partial charge < -0.3 is 14.8 Å². The second-order valence-electron chi connectivity index (χ2n) is 5.26. The second kappa shape index (κ2) is 8.55. The summed E-state index contributed by atoms with van der Waals surface area (Å²) in [7, 11) is 3.20. The lowest BCUT2D eigenvalue weighted by Crippen LogP contribution is -2.22. The molecule has 0 aromatic heterocycles. The molecule has 0 heterocycles. The van der Waals surface area contributed by atoms with Gasteiger partial charge in [0.05, 0.1) is 14.2 Å². The maximum absolute atomic E-state index is 12.4. The van der Waals surface area contributed by atoms with Gasteiger partial charge in [-0.25, -0.2) is 0 Å². The molecule has 4 nitrogen and oxygen atoms in total. The Kier molecular flexibility index (Phi) is 7.06. The molecule has 1 unspecified atom stereocenters. The molecule has 0 saturated heterocycles. The quantitative estimate of drug-likeness (QED) is 0.782. The van der Waals surface area contributed by atoms with E-state index < -0.39 is 0 Å². The molecule has 1 rings (SSSR count). The summed E-state index contributed by atoms with van der Waals surface area (Å²) in [6.07, 6.45) is 3.99. The predicted octanol–water partition coefficient (Wildman–Crippen LogP) is 4.17. The Balaban J connectivity index is 2.88. The lowest BCUT2D eigenvalue weighted by atomic mass is 9.98. The Morgan fingerprint density at radius 3 is 2.33 bits per heavy atom. The number of amides is 1. The molecule has 0 aliphatic heterocycles. The van der Waals surface area contributed by atoms with Gasteiger partial charge >= 0.3 is 0 Å². The number of carbonyl (C=O) groups excluding carboxylic acids is 1. The number of nitrogens with one attached hydrogen (secondary N) is 1. The van der Waals surface area contributed by atoms with Gasteiger partial charge in [-0.3, -0.25) is 4.79 Å². The number of hydrogen-bond acceptors (Lipinski definition) is 3. The molecule has 1 aromatic carbocycles. The molecule has 118 valence electrons. The molecular weight excluding hydrogens is 266 g/mol. The highest BCUT2D eigenvalue weighted by atomic mass is 16.5. The minimum atomic E-state index is 0.0671. The topological polar surface area (TPSA) is 47.6 Å². The molecule has 0 radical (unpaired) electrons. The van der Waals surface area contributed by atoms with Crippen LogP contribution in [-0.4, -0.2) is 20.1 Å². The van der Waals surface area contributed by atoms with Gasteiger partial charge in [-0.05, 0) is 31.4 Å². The zero-order valence-electron chi connectivity index (χ0n) is 13.8. The molecule has 0 aliphatic carbocycles. The van der Waals surface area contributed by atoms with Gasteiger partial charge in [0.25, 0.3) is 0 Å². The summed E-state index contributed by atoms with van der Waals surface area (Å²) in [6.45, 7) is 6.15. The van der Waals surface area contributed by atoms with Gasteiger partial charge in [0, 0.05) is 17.7 Å². The number of hydrogen-bond donors (Lipinski definition) is 1. The van der Waals surface area contributed by atoms with E-state index in [2.05, 4.69) is 19.2 Å². The van der Waals surface area contributed by atoms with Crippen LogP contribution < -0.4 is 14.8 Å². The Hall–Kier alpha value is -1.71. The van der Waals surface area contributed by atoms with E-state index in [1.54, 1.807) is 14.2 Å². The van der Waals surface area contributed by atoms with Crippen LogP contribution in [0.2, 0.25) is 0 Å². The average Bonchev–Trinajstić information content (AvgIpc) is 2.49. The van der Waals surface area contributed by atoms with Crippen LogP contribution in [0.25, 0.3) is 0 Å². The number of rotatable bonds is 8. The van der Waals surface area contributed by atoms with Crippen LogP contribution in [0.15, 0.2) is 12.1 Å². The van der Waals surface area contributed by atoms with Gasteiger partial charge in [-0.2, -0.15) is 0 Å². The van der Waals surface area contributed by atoms with Crippen molar-refractivity contribution in [2.45, 2.75) is 46.5 Å². The smallest absolute Gasteiger partial charge is 0.227 e. The molecule has 21 heavy (non-hydrogen) atoms. The van der Waals surface area contributed by atoms with Crippen LogP contribution >= 0.6 is 0 Å². The molecule has 4 heteroatoms. The van der Waals surface area contributed by atoms with Crippen molar-refractivity contribution >= 4 is 11.6 Å². The first-order valence-electron chi connectivity index (χ1n) is 7.60. The maximum Gasteiger partial charge on any atom is 0.227 e. The number of carbonyl (C=O) groups is 1. The fraction of sp³-hybridized carbons (Fsp3) is 0.588. The number of aryl methyl sites for hydroxylation is 1. The number of benzene rings is 1. The first-order chi connectivity index (χ1) is 10.1. The van der Waals surface area contributed by atoms with E-state index in [1.165, 1.54) is 0 Å². The first kappa shape index (κ1) is 17.3. The molecule has 0 saturated carbocycles. The fourth-order valence-electron chi connectivity index (χ4n) is 2.32. The van der Waals surface area contributed by atoms with E-state index in [-0.39, 0.29) is 11.8 Å². The lowest BCUT2D eigenvalue weighted by molar-refractivity contribution is -0.120. The van der Waals surface area contributed by atoms with E-state index in [0.29, 0.717) is 11.5 Å². The van der Waals surface area contributed by atoms with Crippen molar-refractivity contribution in [1.82, 2.24) is 0 Å². The third-order valence-corrected chi connectivity index (χ3v) is 3.76. The van der Waals surface area contributed by atoms with E-state index in [1.807, 2.05) is 19.1 Å². The summed E-state index contributed by atoms with van der Waals surface area (Å²) in [6, 6.07) is 3.69. The molecule has 1 N–H and O–H groups in total. The molecule has 0 aliphatic rings. The van der Waals surface area contributed by atoms with Gasteiger partial charge in [0.15, 0.2) is 11.5 Å². The Morgan fingerprint density at radius 2 is 1.81 bits per heavy atom. The van der Waals surface area contributed by atoms with Gasteiger partial charge in [-0.15, -0.1) is 0 Å². The standard InChI is InChI=1S/C17H27NO3/c1-6-8-9-13(7-2)17(19)18-14-11-16(21-5)15(20-4)10-12(14)3/h10-11,13H,6-9H2,1-5H3,(H,18,19). The number of ether oxygens (including phenoxy) is 2. The van der Waals surface area contributed by atoms with E-state index in [0.717, 1.165) is 36.9 Å². The molecule has 1 amide bonds. The van der Waals surface area contributed by atoms with Gasteiger partial charge in [0.2, 0.25) is 5.91 Å². The summed E-state index contributed by atoms with van der Waals surface area (Å²) < 4.78 is 10.5. The predicted molar refractivity (Wildman–Crippen MR) is 86.2 cm³/mol. The van der Waals surface area contributed by atoms with Crippen LogP contribution in [-0.2, 0) is 4.79 Å². The average molecular weight is 293 g/mol. The Morgan fingerprint density at radius 1 is 1.19 bits per heavy atom. The number of methoxy groups -OCH3 is 2. The molecule has 1 aromatic rings. The number of unbranched alkanes of at least 4 members (excludes halogenated alkanes) is 1. The molecule has 1 atom stereocenters. The van der Waals surface area contributed by atoms with Crippen molar-refractivity contribution in [1.29, 1.82) is 0 Å². The third-order valence-electron chi connectivity index (χ3n) is 3.76. The summed E-state index contributed by atoms with van der Waals surface area (Å²) in [5, 5.41) is 3.02.